The number of ether oxygens (including phenoxy) is 2. The van der Waals surface area contributed by atoms with Gasteiger partial charge in [-0.2, -0.15) is 5.10 Å². The van der Waals surface area contributed by atoms with E-state index >= 15 is 0 Å². The maximum Gasteiger partial charge on any atom is 0.161 e. The molecule has 0 saturated heterocycles. The van der Waals surface area contributed by atoms with Gasteiger partial charge < -0.3 is 19.9 Å². The Hall–Kier alpha value is -2.21. The molecule has 1 aromatic heterocycles. The van der Waals surface area contributed by atoms with Crippen molar-refractivity contribution in [1.82, 2.24) is 9.78 Å². The SMILES string of the molecule is COc1cc(CNc2c(C)c(C)nn2CCO)ccc1OC(C)C. The number of aryl methyl sites for hydroxylation is 1. The van der Waals surface area contributed by atoms with Crippen LogP contribution in [0.3, 0.4) is 0 Å². The summed E-state index contributed by atoms with van der Waals surface area (Å²) in [5.41, 5.74) is 3.14. The highest BCUT2D eigenvalue weighted by Gasteiger charge is 2.12. The quantitative estimate of drug-likeness (QED) is 0.777. The van der Waals surface area contributed by atoms with E-state index in [9.17, 15) is 5.11 Å². The molecule has 0 atom stereocenters. The molecular formula is C18H27N3O3. The van der Waals surface area contributed by atoms with Crippen molar-refractivity contribution in [3.8, 4) is 11.5 Å². The highest BCUT2D eigenvalue weighted by molar-refractivity contribution is 5.49. The van der Waals surface area contributed by atoms with Gasteiger partial charge in [0.25, 0.3) is 0 Å². The average Bonchev–Trinajstić information content (AvgIpc) is 2.80. The number of nitrogens with one attached hydrogen (secondary N) is 1. The topological polar surface area (TPSA) is 68.5 Å². The van der Waals surface area contributed by atoms with Crippen molar-refractivity contribution in [3.63, 3.8) is 0 Å². The highest BCUT2D eigenvalue weighted by atomic mass is 16.5. The highest BCUT2D eigenvalue weighted by Crippen LogP contribution is 2.29. The fourth-order valence-corrected chi connectivity index (χ4v) is 2.51. The number of anilines is 1. The van der Waals surface area contributed by atoms with Crippen LogP contribution in [0, 0.1) is 13.8 Å². The van der Waals surface area contributed by atoms with E-state index in [0.717, 1.165) is 34.1 Å². The van der Waals surface area contributed by atoms with Crippen LogP contribution >= 0.6 is 0 Å². The molecule has 0 aliphatic rings. The Morgan fingerprint density at radius 2 is 2.00 bits per heavy atom. The molecule has 6 heteroatoms. The minimum atomic E-state index is 0.0598. The van der Waals surface area contributed by atoms with Crippen LogP contribution in [0.25, 0.3) is 0 Å². The second kappa shape index (κ2) is 8.06. The third kappa shape index (κ3) is 4.20. The van der Waals surface area contributed by atoms with Crippen molar-refractivity contribution >= 4 is 5.82 Å². The smallest absolute Gasteiger partial charge is 0.161 e. The lowest BCUT2D eigenvalue weighted by molar-refractivity contribution is 0.230. The number of nitrogens with zero attached hydrogens (tertiary/aromatic N) is 2. The molecule has 6 nitrogen and oxygen atoms in total. The molecule has 0 radical (unpaired) electrons. The Morgan fingerprint density at radius 1 is 1.25 bits per heavy atom. The van der Waals surface area contributed by atoms with Gasteiger partial charge in [-0.3, -0.25) is 0 Å². The molecule has 1 aromatic carbocycles. The molecule has 0 amide bonds. The van der Waals surface area contributed by atoms with Gasteiger partial charge in [0.05, 0.1) is 32.1 Å². The van der Waals surface area contributed by atoms with Gasteiger partial charge in [0, 0.05) is 12.1 Å². The van der Waals surface area contributed by atoms with Crippen molar-refractivity contribution in [1.29, 1.82) is 0 Å². The number of benzene rings is 1. The minimum absolute atomic E-state index is 0.0598. The van der Waals surface area contributed by atoms with E-state index in [4.69, 9.17) is 9.47 Å². The molecule has 132 valence electrons. The molecule has 2 N–H and O–H groups in total. The zero-order valence-electron chi connectivity index (χ0n) is 15.1. The lowest BCUT2D eigenvalue weighted by Crippen LogP contribution is -2.11. The Bertz CT molecular complexity index is 680. The first-order valence-electron chi connectivity index (χ1n) is 8.18. The predicted molar refractivity (Wildman–Crippen MR) is 94.9 cm³/mol. The summed E-state index contributed by atoms with van der Waals surface area (Å²) in [7, 11) is 1.64. The molecular weight excluding hydrogens is 306 g/mol. The molecule has 2 aromatic rings. The summed E-state index contributed by atoms with van der Waals surface area (Å²) >= 11 is 0. The van der Waals surface area contributed by atoms with Gasteiger partial charge in [-0.05, 0) is 45.4 Å². The first-order valence-corrected chi connectivity index (χ1v) is 8.18. The number of rotatable bonds is 8. The Morgan fingerprint density at radius 3 is 2.62 bits per heavy atom. The van der Waals surface area contributed by atoms with Gasteiger partial charge in [0.15, 0.2) is 11.5 Å². The van der Waals surface area contributed by atoms with Crippen LogP contribution in [0.1, 0.15) is 30.7 Å². The number of aromatic nitrogens is 2. The third-order valence-corrected chi connectivity index (χ3v) is 3.79. The van der Waals surface area contributed by atoms with E-state index in [1.54, 1.807) is 11.8 Å². The van der Waals surface area contributed by atoms with Gasteiger partial charge in [-0.25, -0.2) is 4.68 Å². The summed E-state index contributed by atoms with van der Waals surface area (Å²) in [6.45, 7) is 9.14. The average molecular weight is 333 g/mol. The summed E-state index contributed by atoms with van der Waals surface area (Å²) in [6.07, 6.45) is 0.0985. The van der Waals surface area contributed by atoms with Crippen LogP contribution in [0.15, 0.2) is 18.2 Å². The maximum atomic E-state index is 9.18. The minimum Gasteiger partial charge on any atom is -0.493 e. The summed E-state index contributed by atoms with van der Waals surface area (Å²) in [5.74, 6) is 2.40. The predicted octanol–water partition coefficient (Wildman–Crippen LogP) is 2.90. The zero-order valence-corrected chi connectivity index (χ0v) is 15.1. The monoisotopic (exact) mass is 333 g/mol. The number of hydrogen-bond donors (Lipinski definition) is 2. The molecule has 24 heavy (non-hydrogen) atoms. The maximum absolute atomic E-state index is 9.18. The van der Waals surface area contributed by atoms with Crippen molar-refractivity contribution in [2.75, 3.05) is 19.0 Å². The fraction of sp³-hybridized carbons (Fsp3) is 0.500. The summed E-state index contributed by atoms with van der Waals surface area (Å²) < 4.78 is 13.0. The molecule has 0 fully saturated rings. The van der Waals surface area contributed by atoms with Crippen LogP contribution < -0.4 is 14.8 Å². The van der Waals surface area contributed by atoms with Crippen LogP contribution in [0.5, 0.6) is 11.5 Å². The fourth-order valence-electron chi connectivity index (χ4n) is 2.51. The molecule has 2 rings (SSSR count). The Balaban J connectivity index is 2.15. The van der Waals surface area contributed by atoms with Gasteiger partial charge in [0.1, 0.15) is 5.82 Å². The Labute approximate surface area is 143 Å². The van der Waals surface area contributed by atoms with Crippen LogP contribution in [0.4, 0.5) is 5.82 Å². The van der Waals surface area contributed by atoms with Crippen LogP contribution in [-0.2, 0) is 13.1 Å². The largest absolute Gasteiger partial charge is 0.493 e. The van der Waals surface area contributed by atoms with E-state index in [2.05, 4.69) is 10.4 Å². The first kappa shape index (κ1) is 18.1. The van der Waals surface area contributed by atoms with Crippen molar-refractivity contribution in [3.05, 3.63) is 35.0 Å². The lowest BCUT2D eigenvalue weighted by Gasteiger charge is -2.15. The van der Waals surface area contributed by atoms with Gasteiger partial charge in [-0.1, -0.05) is 6.07 Å². The van der Waals surface area contributed by atoms with E-state index in [-0.39, 0.29) is 12.7 Å². The van der Waals surface area contributed by atoms with E-state index in [1.165, 1.54) is 0 Å². The summed E-state index contributed by atoms with van der Waals surface area (Å²) in [5, 5.41) is 17.0. The van der Waals surface area contributed by atoms with E-state index < -0.39 is 0 Å². The number of hydrogen-bond acceptors (Lipinski definition) is 5. The molecule has 0 saturated carbocycles. The standard InChI is InChI=1S/C18H27N3O3/c1-12(2)24-16-7-6-15(10-17(16)23-5)11-19-18-13(3)14(4)20-21(18)8-9-22/h6-7,10,12,19,22H,8-9,11H2,1-5H3. The molecule has 0 aliphatic carbocycles. The molecule has 0 spiro atoms. The lowest BCUT2D eigenvalue weighted by atomic mass is 10.2. The van der Waals surface area contributed by atoms with Gasteiger partial charge in [0.2, 0.25) is 0 Å². The van der Waals surface area contributed by atoms with E-state index in [0.29, 0.717) is 13.1 Å². The van der Waals surface area contributed by atoms with Crippen molar-refractivity contribution in [2.24, 2.45) is 0 Å². The first-order chi connectivity index (χ1) is 11.5. The third-order valence-electron chi connectivity index (χ3n) is 3.79. The number of aliphatic hydroxyl groups excluding tert-OH is 1. The number of aliphatic hydroxyl groups is 1. The molecule has 0 aliphatic heterocycles. The summed E-state index contributed by atoms with van der Waals surface area (Å²) in [6, 6.07) is 5.92. The molecule has 0 unspecified atom stereocenters. The summed E-state index contributed by atoms with van der Waals surface area (Å²) in [4.78, 5) is 0. The molecule has 0 bridgehead atoms. The van der Waals surface area contributed by atoms with Gasteiger partial charge in [-0.15, -0.1) is 0 Å². The van der Waals surface area contributed by atoms with Crippen molar-refractivity contribution in [2.45, 2.75) is 46.9 Å². The second-order valence-corrected chi connectivity index (χ2v) is 6.01. The van der Waals surface area contributed by atoms with Crippen molar-refractivity contribution < 1.29 is 14.6 Å². The van der Waals surface area contributed by atoms with Crippen LogP contribution in [0.2, 0.25) is 0 Å². The second-order valence-electron chi connectivity index (χ2n) is 6.01. The van der Waals surface area contributed by atoms with Crippen LogP contribution in [-0.4, -0.2) is 34.7 Å². The van der Waals surface area contributed by atoms with Gasteiger partial charge >= 0.3 is 0 Å². The Kier molecular flexibility index (Phi) is 6.09. The number of methoxy groups -OCH3 is 1. The zero-order chi connectivity index (χ0) is 17.7. The molecule has 1 heterocycles. The normalized spacial score (nSPS) is 11.0. The van der Waals surface area contributed by atoms with E-state index in [1.807, 2.05) is 45.9 Å².